The summed E-state index contributed by atoms with van der Waals surface area (Å²) in [7, 11) is 4.36. The van der Waals surface area contributed by atoms with Gasteiger partial charge in [-0.15, -0.1) is 11.3 Å². The number of carbonyl (C=O) groups excluding carboxylic acids is 1. The van der Waals surface area contributed by atoms with E-state index < -0.39 is 11.9 Å². The maximum absolute atomic E-state index is 12.4. The van der Waals surface area contributed by atoms with Gasteiger partial charge in [0.25, 0.3) is 5.91 Å². The van der Waals surface area contributed by atoms with Crippen LogP contribution in [0.2, 0.25) is 0 Å². The predicted octanol–water partition coefficient (Wildman–Crippen LogP) is 1.80. The Morgan fingerprint density at radius 2 is 1.88 bits per heavy atom. The molecule has 0 atom stereocenters. The van der Waals surface area contributed by atoms with Crippen LogP contribution in [0.15, 0.2) is 17.5 Å². The first-order valence-corrected chi connectivity index (χ1v) is 7.64. The van der Waals surface area contributed by atoms with E-state index in [1.54, 1.807) is 12.1 Å². The summed E-state index contributed by atoms with van der Waals surface area (Å²) in [5.74, 6) is -0.503. The van der Waals surface area contributed by atoms with E-state index in [-0.39, 0.29) is 23.6 Å². The molecule has 1 aromatic heterocycles. The van der Waals surface area contributed by atoms with Crippen molar-refractivity contribution in [3.05, 3.63) is 33.8 Å². The number of rotatable bonds is 7. The summed E-state index contributed by atoms with van der Waals surface area (Å²) < 4.78 is 15.7. The van der Waals surface area contributed by atoms with E-state index in [4.69, 9.17) is 19.3 Å². The van der Waals surface area contributed by atoms with Gasteiger partial charge in [0.2, 0.25) is 5.75 Å². The van der Waals surface area contributed by atoms with Gasteiger partial charge >= 0.3 is 5.97 Å². The molecule has 0 bridgehead atoms. The maximum Gasteiger partial charge on any atom is 0.355 e. The molecule has 0 radical (unpaired) electrons. The Morgan fingerprint density at radius 1 is 1.17 bits per heavy atom. The summed E-state index contributed by atoms with van der Waals surface area (Å²) in [5, 5.41) is 13.4. The van der Waals surface area contributed by atoms with Gasteiger partial charge in [-0.05, 0) is 12.1 Å². The van der Waals surface area contributed by atoms with E-state index in [1.807, 2.05) is 0 Å². The number of hydrogen-bond acceptors (Lipinski definition) is 7. The number of thiazole rings is 1. The van der Waals surface area contributed by atoms with Crippen LogP contribution in [0.1, 0.15) is 25.9 Å². The van der Waals surface area contributed by atoms with Crippen molar-refractivity contribution < 1.29 is 28.9 Å². The molecule has 1 aromatic carbocycles. The van der Waals surface area contributed by atoms with Crippen LogP contribution in [0.25, 0.3) is 0 Å². The molecule has 1 amide bonds. The Morgan fingerprint density at radius 3 is 2.42 bits per heavy atom. The molecule has 0 spiro atoms. The lowest BCUT2D eigenvalue weighted by Crippen LogP contribution is -2.23. The molecule has 128 valence electrons. The van der Waals surface area contributed by atoms with Crippen LogP contribution in [0.4, 0.5) is 0 Å². The van der Waals surface area contributed by atoms with Crippen molar-refractivity contribution in [2.75, 3.05) is 21.3 Å². The summed E-state index contributed by atoms with van der Waals surface area (Å²) in [6, 6.07) is 3.16. The zero-order valence-corrected chi connectivity index (χ0v) is 14.1. The highest BCUT2D eigenvalue weighted by molar-refractivity contribution is 7.09. The molecule has 2 rings (SSSR count). The molecule has 0 unspecified atom stereocenters. The first kappa shape index (κ1) is 17.5. The monoisotopic (exact) mass is 352 g/mol. The Labute approximate surface area is 142 Å². The van der Waals surface area contributed by atoms with Crippen LogP contribution in [0.3, 0.4) is 0 Å². The number of aromatic carboxylic acids is 1. The van der Waals surface area contributed by atoms with Crippen LogP contribution in [0, 0.1) is 0 Å². The topological polar surface area (TPSA) is 107 Å². The van der Waals surface area contributed by atoms with Crippen molar-refractivity contribution in [3.8, 4) is 17.2 Å². The summed E-state index contributed by atoms with van der Waals surface area (Å²) in [6.07, 6.45) is 0. The van der Waals surface area contributed by atoms with Crippen LogP contribution in [-0.4, -0.2) is 43.3 Å². The molecule has 0 aliphatic rings. The minimum atomic E-state index is -1.11. The number of aromatic nitrogens is 1. The lowest BCUT2D eigenvalue weighted by molar-refractivity contribution is 0.0691. The predicted molar refractivity (Wildman–Crippen MR) is 86.3 cm³/mol. The third-order valence-electron chi connectivity index (χ3n) is 3.12. The van der Waals surface area contributed by atoms with Gasteiger partial charge in [0, 0.05) is 5.38 Å². The smallest absolute Gasteiger partial charge is 0.355 e. The number of hydrogen-bond donors (Lipinski definition) is 2. The van der Waals surface area contributed by atoms with Crippen molar-refractivity contribution in [2.45, 2.75) is 6.54 Å². The average Bonchev–Trinajstić information content (AvgIpc) is 3.07. The van der Waals surface area contributed by atoms with Gasteiger partial charge in [-0.2, -0.15) is 0 Å². The fourth-order valence-electron chi connectivity index (χ4n) is 2.02. The average molecular weight is 352 g/mol. The molecule has 0 fully saturated rings. The van der Waals surface area contributed by atoms with Crippen LogP contribution >= 0.6 is 11.3 Å². The van der Waals surface area contributed by atoms with E-state index >= 15 is 0 Å². The van der Waals surface area contributed by atoms with Gasteiger partial charge < -0.3 is 24.6 Å². The van der Waals surface area contributed by atoms with E-state index in [9.17, 15) is 9.59 Å². The molecule has 0 saturated heterocycles. The maximum atomic E-state index is 12.4. The largest absolute Gasteiger partial charge is 0.493 e. The van der Waals surface area contributed by atoms with Crippen LogP contribution < -0.4 is 19.5 Å². The normalized spacial score (nSPS) is 10.1. The first-order chi connectivity index (χ1) is 11.5. The van der Waals surface area contributed by atoms with E-state index in [1.165, 1.54) is 26.7 Å². The van der Waals surface area contributed by atoms with Crippen molar-refractivity contribution >= 4 is 23.2 Å². The highest BCUT2D eigenvalue weighted by atomic mass is 32.1. The molecule has 2 N–H and O–H groups in total. The van der Waals surface area contributed by atoms with Crippen molar-refractivity contribution in [1.82, 2.24) is 10.3 Å². The minimum Gasteiger partial charge on any atom is -0.493 e. The number of nitrogens with zero attached hydrogens (tertiary/aromatic N) is 1. The molecule has 0 aliphatic heterocycles. The number of ether oxygens (including phenoxy) is 3. The molecular formula is C15H16N2O6S. The van der Waals surface area contributed by atoms with E-state index in [2.05, 4.69) is 10.3 Å². The molecule has 24 heavy (non-hydrogen) atoms. The zero-order chi connectivity index (χ0) is 17.7. The Balaban J connectivity index is 2.18. The van der Waals surface area contributed by atoms with E-state index in [0.717, 1.165) is 11.3 Å². The minimum absolute atomic E-state index is 0.0482. The molecule has 0 aliphatic carbocycles. The summed E-state index contributed by atoms with van der Waals surface area (Å²) >= 11 is 1.16. The highest BCUT2D eigenvalue weighted by Crippen LogP contribution is 2.39. The lowest BCUT2D eigenvalue weighted by Gasteiger charge is -2.15. The second-order valence-corrected chi connectivity index (χ2v) is 5.44. The fourth-order valence-corrected chi connectivity index (χ4v) is 2.73. The number of carboxylic acids is 1. The number of benzene rings is 1. The quantitative estimate of drug-likeness (QED) is 0.782. The Hall–Kier alpha value is -2.81. The third kappa shape index (κ3) is 3.57. The van der Waals surface area contributed by atoms with Gasteiger partial charge in [-0.1, -0.05) is 0 Å². The van der Waals surface area contributed by atoms with Gasteiger partial charge in [0.05, 0.1) is 33.4 Å². The summed E-state index contributed by atoms with van der Waals surface area (Å²) in [5.41, 5.74) is 0.220. The molecule has 8 nitrogen and oxygen atoms in total. The zero-order valence-electron chi connectivity index (χ0n) is 13.3. The van der Waals surface area contributed by atoms with Crippen molar-refractivity contribution in [1.29, 1.82) is 0 Å². The molecular weight excluding hydrogens is 336 g/mol. The number of amides is 1. The summed E-state index contributed by atoms with van der Waals surface area (Å²) in [4.78, 5) is 27.1. The second-order valence-electron chi connectivity index (χ2n) is 4.50. The van der Waals surface area contributed by atoms with Gasteiger partial charge in [0.15, 0.2) is 17.2 Å². The molecule has 9 heteroatoms. The standard InChI is InChI=1S/C15H16N2O6S/c1-21-10-5-4-8(12(22-2)13(10)23-3)14(18)16-6-11-17-9(7-24-11)15(19)20/h4-5,7H,6H2,1-3H3,(H,16,18)(H,19,20). The Bertz CT molecular complexity index is 758. The van der Waals surface area contributed by atoms with Crippen LogP contribution in [-0.2, 0) is 6.54 Å². The van der Waals surface area contributed by atoms with Gasteiger partial charge in [-0.3, -0.25) is 4.79 Å². The van der Waals surface area contributed by atoms with Crippen LogP contribution in [0.5, 0.6) is 17.2 Å². The Kier molecular flexibility index (Phi) is 5.59. The number of nitrogens with one attached hydrogen (secondary N) is 1. The summed E-state index contributed by atoms with van der Waals surface area (Å²) in [6.45, 7) is 0.105. The molecule has 2 aromatic rings. The molecule has 0 saturated carbocycles. The first-order valence-electron chi connectivity index (χ1n) is 6.76. The number of methoxy groups -OCH3 is 3. The van der Waals surface area contributed by atoms with Gasteiger partial charge in [0.1, 0.15) is 5.01 Å². The number of carboxylic acid groups (broad SMARTS) is 1. The van der Waals surface area contributed by atoms with Crippen molar-refractivity contribution in [2.24, 2.45) is 0 Å². The van der Waals surface area contributed by atoms with Gasteiger partial charge in [-0.25, -0.2) is 9.78 Å². The molecule has 1 heterocycles. The highest BCUT2D eigenvalue weighted by Gasteiger charge is 2.20. The third-order valence-corrected chi connectivity index (χ3v) is 3.97. The number of carbonyl (C=O) groups is 2. The van der Waals surface area contributed by atoms with Crippen molar-refractivity contribution in [3.63, 3.8) is 0 Å². The van der Waals surface area contributed by atoms with E-state index in [0.29, 0.717) is 16.5 Å². The fraction of sp³-hybridized carbons (Fsp3) is 0.267. The lowest BCUT2D eigenvalue weighted by atomic mass is 10.1. The SMILES string of the molecule is COc1ccc(C(=O)NCc2nc(C(=O)O)cs2)c(OC)c1OC. The second kappa shape index (κ2) is 7.64.